The molecule has 0 bridgehead atoms. The third-order valence-electron chi connectivity index (χ3n) is 4.78. The number of furan rings is 1. The molecule has 0 spiro atoms. The average molecular weight is 428 g/mol. The highest BCUT2D eigenvalue weighted by molar-refractivity contribution is 9.10. The Bertz CT molecular complexity index is 955. The summed E-state index contributed by atoms with van der Waals surface area (Å²) in [6, 6.07) is 15.5. The molecule has 3 aromatic rings. The number of benzene rings is 2. The number of hydrogen-bond donors (Lipinski definition) is 2. The topological polar surface area (TPSA) is 57.5 Å². The van der Waals surface area contributed by atoms with Crippen LogP contribution in [0.4, 0.5) is 10.5 Å². The summed E-state index contributed by atoms with van der Waals surface area (Å²) in [5.74, 6) is 0.776. The molecule has 2 heterocycles. The molecule has 1 atom stereocenters. The highest BCUT2D eigenvalue weighted by Crippen LogP contribution is 2.44. The Morgan fingerprint density at radius 3 is 2.74 bits per heavy atom. The predicted molar refractivity (Wildman–Crippen MR) is 111 cm³/mol. The van der Waals surface area contributed by atoms with E-state index in [1.165, 1.54) is 0 Å². The van der Waals surface area contributed by atoms with E-state index < -0.39 is 0 Å². The second-order valence-corrected chi connectivity index (χ2v) is 7.48. The van der Waals surface area contributed by atoms with Crippen molar-refractivity contribution in [3.05, 3.63) is 64.3 Å². The van der Waals surface area contributed by atoms with Crippen LogP contribution in [0.5, 0.6) is 0 Å². The molecule has 0 fully saturated rings. The van der Waals surface area contributed by atoms with Crippen LogP contribution in [0.15, 0.2) is 57.4 Å². The molecule has 0 saturated heterocycles. The highest BCUT2D eigenvalue weighted by Gasteiger charge is 2.36. The smallest absolute Gasteiger partial charge is 0.322 e. The number of fused-ring (bicyclic) bond motifs is 3. The van der Waals surface area contributed by atoms with E-state index in [0.29, 0.717) is 6.54 Å². The Hall–Kier alpha value is -2.31. The van der Waals surface area contributed by atoms with E-state index in [1.54, 1.807) is 4.90 Å². The fourth-order valence-electron chi connectivity index (χ4n) is 3.52. The normalized spacial score (nSPS) is 16.4. The molecule has 0 radical (unpaired) electrons. The molecule has 140 valence electrons. The molecular formula is C21H22BrN3O2. The van der Waals surface area contributed by atoms with Crippen molar-refractivity contribution in [1.29, 1.82) is 0 Å². The molecule has 6 heteroatoms. The van der Waals surface area contributed by atoms with Gasteiger partial charge in [-0.2, -0.15) is 0 Å². The molecule has 5 nitrogen and oxygen atoms in total. The van der Waals surface area contributed by atoms with Gasteiger partial charge in [0.25, 0.3) is 0 Å². The maximum Gasteiger partial charge on any atom is 0.322 e. The van der Waals surface area contributed by atoms with E-state index in [0.717, 1.165) is 52.0 Å². The van der Waals surface area contributed by atoms with Gasteiger partial charge in [-0.05, 0) is 46.6 Å². The van der Waals surface area contributed by atoms with Gasteiger partial charge in [0.15, 0.2) is 11.3 Å². The first-order valence-corrected chi connectivity index (χ1v) is 10.0. The van der Waals surface area contributed by atoms with Crippen LogP contribution in [0.25, 0.3) is 11.0 Å². The number of anilines is 1. The molecule has 2 N–H and O–H groups in total. The second-order valence-electron chi connectivity index (χ2n) is 6.63. The van der Waals surface area contributed by atoms with Crippen LogP contribution >= 0.6 is 15.9 Å². The van der Waals surface area contributed by atoms with Gasteiger partial charge in [0.05, 0.1) is 10.2 Å². The Labute approximate surface area is 166 Å². The zero-order valence-electron chi connectivity index (χ0n) is 15.2. The SMILES string of the molecule is CCCNCCN1C(=O)NC(c2ccccc2)c2oc3c(Br)cccc3c21. The Kier molecular flexibility index (Phi) is 5.18. The van der Waals surface area contributed by atoms with E-state index in [-0.39, 0.29) is 12.1 Å². The molecule has 2 amide bonds. The summed E-state index contributed by atoms with van der Waals surface area (Å²) in [5.41, 5.74) is 2.64. The van der Waals surface area contributed by atoms with Crippen LogP contribution in [-0.2, 0) is 0 Å². The van der Waals surface area contributed by atoms with E-state index in [2.05, 4.69) is 33.5 Å². The summed E-state index contributed by atoms with van der Waals surface area (Å²) >= 11 is 3.58. The van der Waals surface area contributed by atoms with E-state index in [4.69, 9.17) is 4.42 Å². The molecule has 2 aromatic carbocycles. The lowest BCUT2D eigenvalue weighted by Gasteiger charge is -2.32. The fourth-order valence-corrected chi connectivity index (χ4v) is 3.97. The van der Waals surface area contributed by atoms with Crippen LogP contribution in [0.3, 0.4) is 0 Å². The van der Waals surface area contributed by atoms with Gasteiger partial charge in [-0.15, -0.1) is 0 Å². The summed E-state index contributed by atoms with van der Waals surface area (Å²) in [6.45, 7) is 4.38. The van der Waals surface area contributed by atoms with Crippen molar-refractivity contribution in [2.75, 3.05) is 24.5 Å². The van der Waals surface area contributed by atoms with Crippen molar-refractivity contribution in [3.8, 4) is 0 Å². The second kappa shape index (κ2) is 7.74. The molecule has 1 aromatic heterocycles. The van der Waals surface area contributed by atoms with Crippen molar-refractivity contribution in [2.45, 2.75) is 19.4 Å². The molecule has 0 aliphatic carbocycles. The van der Waals surface area contributed by atoms with Crippen LogP contribution in [0, 0.1) is 0 Å². The van der Waals surface area contributed by atoms with Gasteiger partial charge >= 0.3 is 6.03 Å². The van der Waals surface area contributed by atoms with Crippen LogP contribution in [0.2, 0.25) is 0 Å². The van der Waals surface area contributed by atoms with E-state index in [9.17, 15) is 4.79 Å². The predicted octanol–water partition coefficient (Wildman–Crippen LogP) is 4.81. The maximum absolute atomic E-state index is 13.0. The quantitative estimate of drug-likeness (QED) is 0.554. The summed E-state index contributed by atoms with van der Waals surface area (Å²) in [4.78, 5) is 14.8. The van der Waals surface area contributed by atoms with Gasteiger partial charge in [0.2, 0.25) is 0 Å². The summed E-state index contributed by atoms with van der Waals surface area (Å²) < 4.78 is 7.16. The Morgan fingerprint density at radius 1 is 1.15 bits per heavy atom. The molecule has 4 rings (SSSR count). The van der Waals surface area contributed by atoms with Gasteiger partial charge in [-0.25, -0.2) is 4.79 Å². The number of nitrogens with one attached hydrogen (secondary N) is 2. The van der Waals surface area contributed by atoms with Crippen molar-refractivity contribution in [3.63, 3.8) is 0 Å². The number of rotatable bonds is 6. The van der Waals surface area contributed by atoms with Crippen molar-refractivity contribution in [1.82, 2.24) is 10.6 Å². The Morgan fingerprint density at radius 2 is 1.96 bits per heavy atom. The lowest BCUT2D eigenvalue weighted by atomic mass is 10.0. The third-order valence-corrected chi connectivity index (χ3v) is 5.41. The Balaban J connectivity index is 1.80. The van der Waals surface area contributed by atoms with E-state index in [1.807, 2.05) is 48.5 Å². The lowest BCUT2D eigenvalue weighted by Crippen LogP contribution is -2.48. The minimum Gasteiger partial charge on any atom is -0.455 e. The number of carbonyl (C=O) groups is 1. The number of nitrogens with zero attached hydrogens (tertiary/aromatic N) is 1. The maximum atomic E-state index is 13.0. The average Bonchev–Trinajstić information content (AvgIpc) is 3.08. The fraction of sp³-hybridized carbons (Fsp3) is 0.286. The van der Waals surface area contributed by atoms with Gasteiger partial charge < -0.3 is 15.1 Å². The van der Waals surface area contributed by atoms with Crippen molar-refractivity contribution >= 4 is 38.6 Å². The van der Waals surface area contributed by atoms with Crippen LogP contribution < -0.4 is 15.5 Å². The standard InChI is InChI=1S/C21H22BrN3O2/c1-2-11-23-12-13-25-18-15-9-6-10-16(22)19(15)27-20(18)17(24-21(25)26)14-7-4-3-5-8-14/h3-10,17,23H,2,11-13H2,1H3,(H,24,26). The minimum atomic E-state index is -0.298. The zero-order chi connectivity index (χ0) is 18.8. The minimum absolute atomic E-state index is 0.0997. The van der Waals surface area contributed by atoms with Gasteiger partial charge in [-0.3, -0.25) is 4.90 Å². The third kappa shape index (κ3) is 3.35. The van der Waals surface area contributed by atoms with Gasteiger partial charge in [0, 0.05) is 18.5 Å². The van der Waals surface area contributed by atoms with Crippen molar-refractivity contribution in [2.24, 2.45) is 0 Å². The number of carbonyl (C=O) groups excluding carboxylic acids is 1. The highest BCUT2D eigenvalue weighted by atomic mass is 79.9. The molecule has 1 aliphatic heterocycles. The number of hydrogen-bond acceptors (Lipinski definition) is 3. The molecule has 1 aliphatic rings. The van der Waals surface area contributed by atoms with Crippen LogP contribution in [-0.4, -0.2) is 25.7 Å². The first kappa shape index (κ1) is 18.1. The molecule has 1 unspecified atom stereocenters. The molecular weight excluding hydrogens is 406 g/mol. The monoisotopic (exact) mass is 427 g/mol. The zero-order valence-corrected chi connectivity index (χ0v) is 16.8. The number of halogens is 1. The van der Waals surface area contributed by atoms with E-state index >= 15 is 0 Å². The number of amides is 2. The van der Waals surface area contributed by atoms with Crippen molar-refractivity contribution < 1.29 is 9.21 Å². The first-order chi connectivity index (χ1) is 13.2. The first-order valence-electron chi connectivity index (χ1n) is 9.25. The number of urea groups is 1. The molecule has 0 saturated carbocycles. The summed E-state index contributed by atoms with van der Waals surface area (Å²) in [6.07, 6.45) is 1.06. The van der Waals surface area contributed by atoms with Gasteiger partial charge in [0.1, 0.15) is 6.04 Å². The molecule has 27 heavy (non-hydrogen) atoms. The lowest BCUT2D eigenvalue weighted by molar-refractivity contribution is 0.240. The van der Waals surface area contributed by atoms with Crippen LogP contribution in [0.1, 0.15) is 30.7 Å². The largest absolute Gasteiger partial charge is 0.455 e. The summed E-state index contributed by atoms with van der Waals surface area (Å²) in [5, 5.41) is 7.43. The number of para-hydroxylation sites is 1. The van der Waals surface area contributed by atoms with Gasteiger partial charge in [-0.1, -0.05) is 43.3 Å². The summed E-state index contributed by atoms with van der Waals surface area (Å²) in [7, 11) is 0.